The average molecular weight is 264 g/mol. The molecule has 0 spiro atoms. The quantitative estimate of drug-likeness (QED) is 0.822. The van der Waals surface area contributed by atoms with Gasteiger partial charge in [0.25, 0.3) is 0 Å². The Bertz CT molecular complexity index is 419. The first-order valence-corrected chi connectivity index (χ1v) is 6.94. The average Bonchev–Trinajstić information content (AvgIpc) is 2.58. The van der Waals surface area contributed by atoms with E-state index < -0.39 is 0 Å². The fraction of sp³-hybridized carbons (Fsp3) is 0.533. The number of amides is 1. The number of carbonyl (C=O) groups is 1. The molecule has 1 aromatic carbocycles. The lowest BCUT2D eigenvalue weighted by atomic mass is 10.0. The molecule has 2 unspecified atom stereocenters. The smallest absolute Gasteiger partial charge is 0.224 e. The number of nitrogens with one attached hydrogen (secondary N) is 1. The Morgan fingerprint density at radius 2 is 1.89 bits per heavy atom. The van der Waals surface area contributed by atoms with Crippen molar-refractivity contribution in [2.45, 2.75) is 50.6 Å². The summed E-state index contributed by atoms with van der Waals surface area (Å²) < 4.78 is 12.8. The molecular formula is C15H21FN2O. The maximum atomic E-state index is 12.8. The van der Waals surface area contributed by atoms with Crippen LogP contribution in [0.1, 0.15) is 37.7 Å². The van der Waals surface area contributed by atoms with Crippen LogP contribution in [0.2, 0.25) is 0 Å². The van der Waals surface area contributed by atoms with Gasteiger partial charge in [-0.25, -0.2) is 4.39 Å². The molecule has 1 aliphatic carbocycles. The number of nitrogens with two attached hydrogens (primary N) is 1. The van der Waals surface area contributed by atoms with Crippen molar-refractivity contribution in [2.24, 2.45) is 5.73 Å². The Morgan fingerprint density at radius 3 is 2.63 bits per heavy atom. The first kappa shape index (κ1) is 14.0. The van der Waals surface area contributed by atoms with Crippen LogP contribution in [0, 0.1) is 5.82 Å². The lowest BCUT2D eigenvalue weighted by Crippen LogP contribution is -2.47. The van der Waals surface area contributed by atoms with Crippen LogP contribution < -0.4 is 11.1 Å². The van der Waals surface area contributed by atoms with E-state index in [9.17, 15) is 9.18 Å². The molecule has 0 bridgehead atoms. The standard InChI is InChI=1S/C15H21FN2O/c16-12-8-6-11(7-9-12)10-15(19)18-14-5-3-1-2-4-13(14)17/h6-9,13-14H,1-5,10,17H2,(H,18,19). The largest absolute Gasteiger partial charge is 0.352 e. The molecule has 104 valence electrons. The SMILES string of the molecule is NC1CCCCCC1NC(=O)Cc1ccc(F)cc1. The van der Waals surface area contributed by atoms with E-state index in [4.69, 9.17) is 5.73 Å². The first-order chi connectivity index (χ1) is 9.15. The van der Waals surface area contributed by atoms with Crippen LogP contribution in [0.3, 0.4) is 0 Å². The van der Waals surface area contributed by atoms with Crippen LogP contribution in [0.4, 0.5) is 4.39 Å². The third-order valence-electron chi connectivity index (χ3n) is 3.69. The van der Waals surface area contributed by atoms with Crippen LogP contribution in [0.25, 0.3) is 0 Å². The number of halogens is 1. The van der Waals surface area contributed by atoms with Crippen molar-refractivity contribution in [3.8, 4) is 0 Å². The van der Waals surface area contributed by atoms with Gasteiger partial charge in [0.05, 0.1) is 6.42 Å². The molecular weight excluding hydrogens is 243 g/mol. The minimum Gasteiger partial charge on any atom is -0.352 e. The van der Waals surface area contributed by atoms with E-state index in [-0.39, 0.29) is 30.2 Å². The summed E-state index contributed by atoms with van der Waals surface area (Å²) in [6.07, 6.45) is 5.67. The van der Waals surface area contributed by atoms with Gasteiger partial charge in [-0.3, -0.25) is 4.79 Å². The predicted molar refractivity (Wildman–Crippen MR) is 73.1 cm³/mol. The normalized spacial score (nSPS) is 23.7. The van der Waals surface area contributed by atoms with Crippen molar-refractivity contribution in [3.63, 3.8) is 0 Å². The lowest BCUT2D eigenvalue weighted by Gasteiger charge is -2.22. The summed E-state index contributed by atoms with van der Waals surface area (Å²) in [5.41, 5.74) is 6.90. The molecule has 1 fully saturated rings. The van der Waals surface area contributed by atoms with Gasteiger partial charge in [0, 0.05) is 12.1 Å². The Kier molecular flexibility index (Phi) is 4.91. The fourth-order valence-corrected chi connectivity index (χ4v) is 2.56. The zero-order chi connectivity index (χ0) is 13.7. The van der Waals surface area contributed by atoms with Crippen molar-refractivity contribution in [3.05, 3.63) is 35.6 Å². The highest BCUT2D eigenvalue weighted by Gasteiger charge is 2.21. The molecule has 0 aliphatic heterocycles. The van der Waals surface area contributed by atoms with Gasteiger partial charge in [0.15, 0.2) is 0 Å². The summed E-state index contributed by atoms with van der Waals surface area (Å²) in [6, 6.07) is 6.17. The van der Waals surface area contributed by atoms with Crippen LogP contribution >= 0.6 is 0 Å². The van der Waals surface area contributed by atoms with Gasteiger partial charge >= 0.3 is 0 Å². The number of hydrogen-bond donors (Lipinski definition) is 2. The Balaban J connectivity index is 1.87. The highest BCUT2D eigenvalue weighted by Crippen LogP contribution is 2.16. The number of rotatable bonds is 3. The summed E-state index contributed by atoms with van der Waals surface area (Å²) in [7, 11) is 0. The highest BCUT2D eigenvalue weighted by atomic mass is 19.1. The summed E-state index contributed by atoms with van der Waals surface area (Å²) in [4.78, 5) is 12.0. The molecule has 0 saturated heterocycles. The van der Waals surface area contributed by atoms with Gasteiger partial charge in [-0.1, -0.05) is 31.4 Å². The third kappa shape index (κ3) is 4.31. The van der Waals surface area contributed by atoms with Crippen molar-refractivity contribution >= 4 is 5.91 Å². The van der Waals surface area contributed by atoms with E-state index in [1.807, 2.05) is 0 Å². The maximum absolute atomic E-state index is 12.8. The molecule has 3 N–H and O–H groups in total. The Morgan fingerprint density at radius 1 is 1.21 bits per heavy atom. The van der Waals surface area contributed by atoms with E-state index in [0.717, 1.165) is 31.2 Å². The van der Waals surface area contributed by atoms with E-state index in [2.05, 4.69) is 5.32 Å². The molecule has 1 aromatic rings. The maximum Gasteiger partial charge on any atom is 0.224 e. The zero-order valence-electron chi connectivity index (χ0n) is 11.1. The molecule has 2 atom stereocenters. The van der Waals surface area contributed by atoms with E-state index in [1.54, 1.807) is 12.1 Å². The van der Waals surface area contributed by atoms with Gasteiger partial charge in [0.2, 0.25) is 5.91 Å². The van der Waals surface area contributed by atoms with E-state index >= 15 is 0 Å². The second-order valence-electron chi connectivity index (χ2n) is 5.28. The molecule has 1 saturated carbocycles. The summed E-state index contributed by atoms with van der Waals surface area (Å²) in [5, 5.41) is 3.01. The molecule has 1 amide bonds. The number of hydrogen-bond acceptors (Lipinski definition) is 2. The molecule has 2 rings (SSSR count). The van der Waals surface area contributed by atoms with E-state index in [0.29, 0.717) is 0 Å². The monoisotopic (exact) mass is 264 g/mol. The minimum absolute atomic E-state index is 0.0334. The molecule has 0 heterocycles. The van der Waals surface area contributed by atoms with Crippen LogP contribution in [-0.4, -0.2) is 18.0 Å². The van der Waals surface area contributed by atoms with Crippen molar-refractivity contribution in [1.29, 1.82) is 0 Å². The highest BCUT2D eigenvalue weighted by molar-refractivity contribution is 5.78. The van der Waals surface area contributed by atoms with Gasteiger partial charge in [-0.2, -0.15) is 0 Å². The molecule has 1 aliphatic rings. The Labute approximate surface area is 113 Å². The molecule has 0 aromatic heterocycles. The second kappa shape index (κ2) is 6.66. The zero-order valence-corrected chi connectivity index (χ0v) is 11.1. The van der Waals surface area contributed by atoms with Gasteiger partial charge < -0.3 is 11.1 Å². The topological polar surface area (TPSA) is 55.1 Å². The first-order valence-electron chi connectivity index (χ1n) is 6.94. The molecule has 4 heteroatoms. The number of carbonyl (C=O) groups excluding carboxylic acids is 1. The van der Waals surface area contributed by atoms with Crippen molar-refractivity contribution < 1.29 is 9.18 Å². The summed E-state index contributed by atoms with van der Waals surface area (Å²) >= 11 is 0. The van der Waals surface area contributed by atoms with Crippen LogP contribution in [0.15, 0.2) is 24.3 Å². The van der Waals surface area contributed by atoms with E-state index in [1.165, 1.54) is 18.6 Å². The fourth-order valence-electron chi connectivity index (χ4n) is 2.56. The molecule has 3 nitrogen and oxygen atoms in total. The third-order valence-corrected chi connectivity index (χ3v) is 3.69. The number of benzene rings is 1. The summed E-state index contributed by atoms with van der Waals surface area (Å²) in [6.45, 7) is 0. The van der Waals surface area contributed by atoms with Gasteiger partial charge in [-0.05, 0) is 30.5 Å². The van der Waals surface area contributed by atoms with Gasteiger partial charge in [0.1, 0.15) is 5.82 Å². The van der Waals surface area contributed by atoms with Crippen LogP contribution in [0.5, 0.6) is 0 Å². The Hall–Kier alpha value is -1.42. The second-order valence-corrected chi connectivity index (χ2v) is 5.28. The van der Waals surface area contributed by atoms with Gasteiger partial charge in [-0.15, -0.1) is 0 Å². The molecule has 0 radical (unpaired) electrons. The van der Waals surface area contributed by atoms with Crippen molar-refractivity contribution in [2.75, 3.05) is 0 Å². The molecule has 19 heavy (non-hydrogen) atoms. The van der Waals surface area contributed by atoms with Crippen LogP contribution in [-0.2, 0) is 11.2 Å². The summed E-state index contributed by atoms with van der Waals surface area (Å²) in [5.74, 6) is -0.316. The predicted octanol–water partition coefficient (Wildman–Crippen LogP) is 2.14. The lowest BCUT2D eigenvalue weighted by molar-refractivity contribution is -0.121. The minimum atomic E-state index is -0.282. The van der Waals surface area contributed by atoms with Crippen molar-refractivity contribution in [1.82, 2.24) is 5.32 Å².